The predicted molar refractivity (Wildman–Crippen MR) is 109 cm³/mol. The fourth-order valence-electron chi connectivity index (χ4n) is 3.80. The summed E-state index contributed by atoms with van der Waals surface area (Å²) in [6.07, 6.45) is 3.56. The molecular weight excluding hydrogens is 340 g/mol. The Morgan fingerprint density at radius 2 is 1.85 bits per heavy atom. The van der Waals surface area contributed by atoms with E-state index in [1.807, 2.05) is 17.9 Å². The third-order valence-electron chi connectivity index (χ3n) is 5.24. The van der Waals surface area contributed by atoms with Gasteiger partial charge in [0.2, 0.25) is 0 Å². The number of aromatic nitrogens is 2. The van der Waals surface area contributed by atoms with Gasteiger partial charge in [-0.25, -0.2) is 9.97 Å². The quantitative estimate of drug-likeness (QED) is 0.705. The largest absolute Gasteiger partial charge is 0.389 e. The van der Waals surface area contributed by atoms with Crippen molar-refractivity contribution >= 4 is 29.2 Å². The average molecular weight is 366 g/mol. The highest BCUT2D eigenvalue weighted by Crippen LogP contribution is 2.32. The van der Waals surface area contributed by atoms with Crippen LogP contribution in [0.4, 0.5) is 23.0 Å². The van der Waals surface area contributed by atoms with Crippen molar-refractivity contribution in [2.75, 3.05) is 41.3 Å². The number of nitrogens with zero attached hydrogens (tertiary/aromatic N) is 4. The van der Waals surface area contributed by atoms with E-state index in [1.54, 1.807) is 0 Å². The molecule has 4 rings (SSSR count). The van der Waals surface area contributed by atoms with E-state index in [0.717, 1.165) is 30.2 Å². The molecule has 1 aromatic heterocycles. The molecule has 0 aliphatic carbocycles. The fourth-order valence-corrected chi connectivity index (χ4v) is 3.80. The lowest BCUT2D eigenvalue weighted by Gasteiger charge is -2.37. The molecule has 2 aromatic rings. The number of β-amino-alcohol motifs (C(OH)–C–C–N with tert-alkyl or cyclic N) is 1. The van der Waals surface area contributed by atoms with Gasteiger partial charge in [0.15, 0.2) is 0 Å². The van der Waals surface area contributed by atoms with Gasteiger partial charge in [0.25, 0.3) is 0 Å². The minimum atomic E-state index is -0.277. The molecule has 1 aromatic carbocycles. The van der Waals surface area contributed by atoms with Gasteiger partial charge < -0.3 is 25.6 Å². The summed E-state index contributed by atoms with van der Waals surface area (Å²) in [5, 5.41) is 20.7. The Bertz CT molecular complexity index is 856. The molecule has 2 aliphatic rings. The van der Waals surface area contributed by atoms with E-state index in [1.165, 1.54) is 30.3 Å². The average Bonchev–Trinajstić information content (AvgIpc) is 3.14. The van der Waals surface area contributed by atoms with Gasteiger partial charge in [0.05, 0.1) is 11.8 Å². The number of aliphatic hydroxyl groups excluding tert-OH is 1. The molecule has 0 radical (unpaired) electrons. The molecule has 27 heavy (non-hydrogen) atoms. The molecule has 142 valence electrons. The number of nitrogens with one attached hydrogen (secondary N) is 2. The zero-order chi connectivity index (χ0) is 19.0. The van der Waals surface area contributed by atoms with Crippen molar-refractivity contribution in [2.24, 2.45) is 0 Å². The third kappa shape index (κ3) is 3.60. The summed E-state index contributed by atoms with van der Waals surface area (Å²) < 4.78 is 0. The van der Waals surface area contributed by atoms with Gasteiger partial charge in [-0.15, -0.1) is 0 Å². The maximum atomic E-state index is 9.55. The van der Waals surface area contributed by atoms with E-state index in [4.69, 9.17) is 5.41 Å². The number of aryl methyl sites for hydroxylation is 2. The van der Waals surface area contributed by atoms with E-state index < -0.39 is 0 Å². The topological polar surface area (TPSA) is 88.4 Å². The van der Waals surface area contributed by atoms with Crippen molar-refractivity contribution in [3.8, 4) is 0 Å². The number of anilines is 4. The summed E-state index contributed by atoms with van der Waals surface area (Å²) in [7, 11) is 0. The molecule has 2 aliphatic heterocycles. The molecule has 0 atom stereocenters. The Balaban J connectivity index is 1.65. The Hall–Kier alpha value is -2.67. The molecule has 3 heterocycles. The Labute approximate surface area is 159 Å². The molecule has 7 heteroatoms. The van der Waals surface area contributed by atoms with Gasteiger partial charge in [-0.2, -0.15) is 0 Å². The minimum absolute atomic E-state index is 0.277. The third-order valence-corrected chi connectivity index (χ3v) is 5.24. The highest BCUT2D eigenvalue weighted by atomic mass is 16.3. The molecule has 0 amide bonds. The first-order valence-electron chi connectivity index (χ1n) is 9.49. The summed E-state index contributed by atoms with van der Waals surface area (Å²) in [6.45, 7) is 7.34. The lowest BCUT2D eigenvalue weighted by atomic mass is 10.1. The molecular formula is C20H26N6O. The van der Waals surface area contributed by atoms with Crippen LogP contribution in [0.25, 0.3) is 0 Å². The van der Waals surface area contributed by atoms with Gasteiger partial charge in [0, 0.05) is 49.7 Å². The summed E-state index contributed by atoms with van der Waals surface area (Å²) in [5.41, 5.74) is 4.13. The lowest BCUT2D eigenvalue weighted by Crippen LogP contribution is -2.51. The Morgan fingerprint density at radius 3 is 2.52 bits per heavy atom. The number of aliphatic hydroxyl groups is 1. The molecule has 3 N–H and O–H groups in total. The van der Waals surface area contributed by atoms with Gasteiger partial charge in [-0.3, -0.25) is 0 Å². The second-order valence-electron chi connectivity index (χ2n) is 7.41. The summed E-state index contributed by atoms with van der Waals surface area (Å²) in [5.74, 6) is 2.21. The minimum Gasteiger partial charge on any atom is -0.389 e. The van der Waals surface area contributed by atoms with Crippen LogP contribution in [0.5, 0.6) is 0 Å². The highest BCUT2D eigenvalue weighted by Gasteiger charge is 2.26. The van der Waals surface area contributed by atoms with Crippen molar-refractivity contribution in [3.05, 3.63) is 35.2 Å². The van der Waals surface area contributed by atoms with Crippen LogP contribution in [0.15, 0.2) is 18.2 Å². The molecule has 0 saturated carbocycles. The zero-order valence-electron chi connectivity index (χ0n) is 15.9. The first kappa shape index (κ1) is 17.7. The van der Waals surface area contributed by atoms with Gasteiger partial charge >= 0.3 is 0 Å². The van der Waals surface area contributed by atoms with E-state index in [9.17, 15) is 5.11 Å². The van der Waals surface area contributed by atoms with Crippen LogP contribution in [0.3, 0.4) is 0 Å². The summed E-state index contributed by atoms with van der Waals surface area (Å²) in [6, 6.07) is 6.09. The lowest BCUT2D eigenvalue weighted by molar-refractivity contribution is 0.141. The van der Waals surface area contributed by atoms with Crippen molar-refractivity contribution in [2.45, 2.75) is 32.8 Å². The molecule has 2 fully saturated rings. The van der Waals surface area contributed by atoms with Gasteiger partial charge in [-0.1, -0.05) is 0 Å². The SMILES string of the molecule is Cc1nc(Nc2cc(N3CCCC3)c(C)cc2C=N)cc(N2CC(O)C2)n1. The van der Waals surface area contributed by atoms with Crippen LogP contribution in [0.2, 0.25) is 0 Å². The summed E-state index contributed by atoms with van der Waals surface area (Å²) in [4.78, 5) is 13.4. The van der Waals surface area contributed by atoms with E-state index >= 15 is 0 Å². The van der Waals surface area contributed by atoms with Gasteiger partial charge in [-0.05, 0) is 44.4 Å². The normalized spacial score (nSPS) is 17.1. The highest BCUT2D eigenvalue weighted by molar-refractivity contribution is 5.89. The Morgan fingerprint density at radius 1 is 1.11 bits per heavy atom. The molecule has 0 spiro atoms. The van der Waals surface area contributed by atoms with Crippen molar-refractivity contribution in [1.82, 2.24) is 9.97 Å². The standard InChI is InChI=1S/C20H26N6O/c1-13-7-15(10-21)17(8-18(13)25-5-3-4-6-25)24-19-9-20(23-14(2)22-19)26-11-16(27)12-26/h7-10,16,21,27H,3-6,11-12H2,1-2H3,(H,22,23,24). The first-order chi connectivity index (χ1) is 13.0. The number of benzene rings is 1. The van der Waals surface area contributed by atoms with Gasteiger partial charge in [0.1, 0.15) is 17.5 Å². The second kappa shape index (κ2) is 7.15. The van der Waals surface area contributed by atoms with Crippen LogP contribution in [-0.2, 0) is 0 Å². The molecule has 0 unspecified atom stereocenters. The fraction of sp³-hybridized carbons (Fsp3) is 0.450. The molecule has 7 nitrogen and oxygen atoms in total. The van der Waals surface area contributed by atoms with Crippen molar-refractivity contribution in [1.29, 1.82) is 5.41 Å². The van der Waals surface area contributed by atoms with E-state index in [2.05, 4.69) is 39.2 Å². The van der Waals surface area contributed by atoms with Crippen LogP contribution in [-0.4, -0.2) is 53.6 Å². The Kier molecular flexibility index (Phi) is 4.70. The number of hydrogen-bond donors (Lipinski definition) is 3. The number of hydrogen-bond acceptors (Lipinski definition) is 7. The zero-order valence-corrected chi connectivity index (χ0v) is 15.9. The second-order valence-corrected chi connectivity index (χ2v) is 7.41. The number of rotatable bonds is 5. The van der Waals surface area contributed by atoms with Crippen LogP contribution < -0.4 is 15.1 Å². The monoisotopic (exact) mass is 366 g/mol. The van der Waals surface area contributed by atoms with E-state index in [-0.39, 0.29) is 6.10 Å². The molecule has 0 bridgehead atoms. The maximum Gasteiger partial charge on any atom is 0.136 e. The summed E-state index contributed by atoms with van der Waals surface area (Å²) >= 11 is 0. The van der Waals surface area contributed by atoms with Crippen molar-refractivity contribution < 1.29 is 5.11 Å². The van der Waals surface area contributed by atoms with Crippen LogP contribution in [0, 0.1) is 19.3 Å². The molecule has 2 saturated heterocycles. The first-order valence-corrected chi connectivity index (χ1v) is 9.49. The van der Waals surface area contributed by atoms with E-state index in [0.29, 0.717) is 24.7 Å². The smallest absolute Gasteiger partial charge is 0.136 e. The maximum absolute atomic E-state index is 9.55. The van der Waals surface area contributed by atoms with Crippen LogP contribution in [0.1, 0.15) is 29.8 Å². The van der Waals surface area contributed by atoms with Crippen LogP contribution >= 0.6 is 0 Å². The predicted octanol–water partition coefficient (Wildman–Crippen LogP) is 2.62. The van der Waals surface area contributed by atoms with Crippen molar-refractivity contribution in [3.63, 3.8) is 0 Å².